The summed E-state index contributed by atoms with van der Waals surface area (Å²) in [5.41, 5.74) is 1.26. The van der Waals surface area contributed by atoms with E-state index in [1.807, 2.05) is 49.4 Å². The van der Waals surface area contributed by atoms with E-state index in [0.29, 0.717) is 6.04 Å². The summed E-state index contributed by atoms with van der Waals surface area (Å²) in [5, 5.41) is 12.9. The van der Waals surface area contributed by atoms with Gasteiger partial charge < -0.3 is 15.2 Å². The molecule has 2 aromatic carbocycles. The zero-order chi connectivity index (χ0) is 16.5. The molecule has 2 N–H and O–H groups in total. The van der Waals surface area contributed by atoms with Gasteiger partial charge in [0.2, 0.25) is 0 Å². The summed E-state index contributed by atoms with van der Waals surface area (Å²) in [6.07, 6.45) is 2.72. The van der Waals surface area contributed by atoms with Crippen LogP contribution in [0.5, 0.6) is 11.5 Å². The average molecular weight is 313 g/mol. The van der Waals surface area contributed by atoms with Gasteiger partial charge in [-0.3, -0.25) is 0 Å². The molecule has 0 saturated heterocycles. The maximum Gasteiger partial charge on any atom is 0.127 e. The van der Waals surface area contributed by atoms with Gasteiger partial charge in [-0.25, -0.2) is 0 Å². The third kappa shape index (κ3) is 6.05. The molecule has 2 unspecified atom stereocenters. The van der Waals surface area contributed by atoms with Crippen molar-refractivity contribution in [2.75, 3.05) is 6.54 Å². The number of rotatable bonds is 9. The second kappa shape index (κ2) is 9.33. The maximum absolute atomic E-state index is 9.39. The molecule has 0 aliphatic rings. The standard InChI is InChI=1S/C20H27NO2/c1-3-7-20(21-15-14-16(2)22)17-10-12-19(13-11-17)23-18-8-5-4-6-9-18/h4-6,8-13,16,20-22H,3,7,14-15H2,1-2H3. The van der Waals surface area contributed by atoms with Crippen LogP contribution in [0.4, 0.5) is 0 Å². The van der Waals surface area contributed by atoms with E-state index in [4.69, 9.17) is 4.74 Å². The van der Waals surface area contributed by atoms with Gasteiger partial charge in [-0.15, -0.1) is 0 Å². The molecule has 0 fully saturated rings. The normalized spacial score (nSPS) is 13.5. The Bertz CT molecular complexity index is 552. The van der Waals surface area contributed by atoms with Crippen molar-refractivity contribution in [2.24, 2.45) is 0 Å². The molecular formula is C20H27NO2. The van der Waals surface area contributed by atoms with E-state index in [2.05, 4.69) is 24.4 Å². The summed E-state index contributed by atoms with van der Waals surface area (Å²) in [6, 6.07) is 18.4. The van der Waals surface area contributed by atoms with E-state index >= 15 is 0 Å². The predicted molar refractivity (Wildman–Crippen MR) is 94.9 cm³/mol. The Morgan fingerprint density at radius 2 is 1.61 bits per heavy atom. The van der Waals surface area contributed by atoms with Crippen molar-refractivity contribution in [2.45, 2.75) is 45.3 Å². The number of aliphatic hydroxyl groups excluding tert-OH is 1. The number of aliphatic hydroxyl groups is 1. The minimum atomic E-state index is -0.258. The van der Waals surface area contributed by atoms with Crippen molar-refractivity contribution >= 4 is 0 Å². The first-order valence-electron chi connectivity index (χ1n) is 8.43. The molecule has 124 valence electrons. The molecule has 0 amide bonds. The zero-order valence-electron chi connectivity index (χ0n) is 14.0. The Hall–Kier alpha value is -1.84. The van der Waals surface area contributed by atoms with Crippen LogP contribution in [-0.2, 0) is 0 Å². The number of hydrogen-bond donors (Lipinski definition) is 2. The monoisotopic (exact) mass is 313 g/mol. The van der Waals surface area contributed by atoms with E-state index in [1.165, 1.54) is 5.56 Å². The molecule has 0 heterocycles. The second-order valence-electron chi connectivity index (χ2n) is 5.92. The molecule has 0 saturated carbocycles. The molecule has 0 aliphatic heterocycles. The molecule has 0 aliphatic carbocycles. The zero-order valence-corrected chi connectivity index (χ0v) is 14.0. The first kappa shape index (κ1) is 17.5. The van der Waals surface area contributed by atoms with Crippen LogP contribution in [0.1, 0.15) is 44.7 Å². The fourth-order valence-corrected chi connectivity index (χ4v) is 2.53. The molecular weight excluding hydrogens is 286 g/mol. The van der Waals surface area contributed by atoms with Crippen LogP contribution in [0, 0.1) is 0 Å². The van der Waals surface area contributed by atoms with Crippen LogP contribution in [0.3, 0.4) is 0 Å². The Balaban J connectivity index is 1.97. The summed E-state index contributed by atoms with van der Waals surface area (Å²) in [7, 11) is 0. The quantitative estimate of drug-likeness (QED) is 0.706. The predicted octanol–water partition coefficient (Wildman–Crippen LogP) is 4.68. The van der Waals surface area contributed by atoms with E-state index in [-0.39, 0.29) is 6.10 Å². The Kier molecular flexibility index (Phi) is 7.11. The smallest absolute Gasteiger partial charge is 0.127 e. The molecule has 0 spiro atoms. The summed E-state index contributed by atoms with van der Waals surface area (Å²) in [4.78, 5) is 0. The molecule has 0 radical (unpaired) electrons. The van der Waals surface area contributed by atoms with Crippen LogP contribution in [0.25, 0.3) is 0 Å². The van der Waals surface area contributed by atoms with E-state index in [9.17, 15) is 5.11 Å². The average Bonchev–Trinajstić information content (AvgIpc) is 2.55. The maximum atomic E-state index is 9.39. The van der Waals surface area contributed by atoms with Crippen LogP contribution in [0.2, 0.25) is 0 Å². The first-order valence-corrected chi connectivity index (χ1v) is 8.43. The van der Waals surface area contributed by atoms with Crippen molar-refractivity contribution in [1.82, 2.24) is 5.32 Å². The summed E-state index contributed by atoms with van der Waals surface area (Å²) in [5.74, 6) is 1.69. The molecule has 3 heteroatoms. The van der Waals surface area contributed by atoms with E-state index in [1.54, 1.807) is 0 Å². The molecule has 2 rings (SSSR count). The van der Waals surface area contributed by atoms with E-state index in [0.717, 1.165) is 37.3 Å². The van der Waals surface area contributed by atoms with Crippen LogP contribution in [-0.4, -0.2) is 17.8 Å². The number of nitrogens with one attached hydrogen (secondary N) is 1. The van der Waals surface area contributed by atoms with Crippen molar-refractivity contribution in [3.63, 3.8) is 0 Å². The van der Waals surface area contributed by atoms with Gasteiger partial charge in [0, 0.05) is 6.04 Å². The fourth-order valence-electron chi connectivity index (χ4n) is 2.53. The lowest BCUT2D eigenvalue weighted by Crippen LogP contribution is -2.24. The highest BCUT2D eigenvalue weighted by Gasteiger charge is 2.10. The lowest BCUT2D eigenvalue weighted by atomic mass is 10.0. The summed E-state index contributed by atoms with van der Waals surface area (Å²) >= 11 is 0. The van der Waals surface area contributed by atoms with Gasteiger partial charge in [0.1, 0.15) is 11.5 Å². The van der Waals surface area contributed by atoms with Crippen LogP contribution >= 0.6 is 0 Å². The molecule has 23 heavy (non-hydrogen) atoms. The first-order chi connectivity index (χ1) is 11.2. The van der Waals surface area contributed by atoms with Gasteiger partial charge in [0.15, 0.2) is 0 Å². The van der Waals surface area contributed by atoms with Crippen LogP contribution < -0.4 is 10.1 Å². The van der Waals surface area contributed by atoms with E-state index < -0.39 is 0 Å². The Morgan fingerprint density at radius 1 is 0.957 bits per heavy atom. The fraction of sp³-hybridized carbons (Fsp3) is 0.400. The van der Waals surface area contributed by atoms with Crippen molar-refractivity contribution in [3.05, 3.63) is 60.2 Å². The number of benzene rings is 2. The van der Waals surface area contributed by atoms with Crippen molar-refractivity contribution in [1.29, 1.82) is 0 Å². The van der Waals surface area contributed by atoms with Crippen LogP contribution in [0.15, 0.2) is 54.6 Å². The number of ether oxygens (including phenoxy) is 1. The number of para-hydroxylation sites is 1. The number of hydrogen-bond acceptors (Lipinski definition) is 3. The van der Waals surface area contributed by atoms with Gasteiger partial charge in [-0.1, -0.05) is 43.7 Å². The Morgan fingerprint density at radius 3 is 2.22 bits per heavy atom. The highest BCUT2D eigenvalue weighted by Crippen LogP contribution is 2.25. The highest BCUT2D eigenvalue weighted by molar-refractivity contribution is 5.33. The van der Waals surface area contributed by atoms with Gasteiger partial charge in [0.05, 0.1) is 6.10 Å². The minimum Gasteiger partial charge on any atom is -0.457 e. The molecule has 0 aromatic heterocycles. The van der Waals surface area contributed by atoms with Crippen molar-refractivity contribution < 1.29 is 9.84 Å². The summed E-state index contributed by atoms with van der Waals surface area (Å²) < 4.78 is 5.83. The summed E-state index contributed by atoms with van der Waals surface area (Å²) in [6.45, 7) is 4.84. The van der Waals surface area contributed by atoms with Gasteiger partial charge in [-0.05, 0) is 56.1 Å². The molecule has 2 aromatic rings. The lowest BCUT2D eigenvalue weighted by molar-refractivity contribution is 0.182. The Labute approximate surface area is 139 Å². The van der Waals surface area contributed by atoms with Gasteiger partial charge in [-0.2, -0.15) is 0 Å². The van der Waals surface area contributed by atoms with Gasteiger partial charge >= 0.3 is 0 Å². The molecule has 3 nitrogen and oxygen atoms in total. The largest absolute Gasteiger partial charge is 0.457 e. The molecule has 2 atom stereocenters. The molecule has 0 bridgehead atoms. The second-order valence-corrected chi connectivity index (χ2v) is 5.92. The third-order valence-electron chi connectivity index (χ3n) is 3.79. The minimum absolute atomic E-state index is 0.258. The SMILES string of the molecule is CCCC(NCCC(C)O)c1ccc(Oc2ccccc2)cc1. The third-order valence-corrected chi connectivity index (χ3v) is 3.79. The highest BCUT2D eigenvalue weighted by atomic mass is 16.5. The van der Waals surface area contributed by atoms with Gasteiger partial charge in [0.25, 0.3) is 0 Å². The topological polar surface area (TPSA) is 41.5 Å². The lowest BCUT2D eigenvalue weighted by Gasteiger charge is -2.19. The van der Waals surface area contributed by atoms with Crippen molar-refractivity contribution in [3.8, 4) is 11.5 Å².